The number of hydrogen-bond acceptors (Lipinski definition) is 2. The molecule has 2 nitrogen and oxygen atoms in total. The molecular weight excluding hydrogens is 210 g/mol. The average molecular weight is 225 g/mol. The van der Waals surface area contributed by atoms with Gasteiger partial charge in [0.1, 0.15) is 0 Å². The van der Waals surface area contributed by atoms with E-state index in [0.29, 0.717) is 11.4 Å². The second-order valence-electron chi connectivity index (χ2n) is 3.37. The molecule has 0 bridgehead atoms. The summed E-state index contributed by atoms with van der Waals surface area (Å²) in [7, 11) is 0. The summed E-state index contributed by atoms with van der Waals surface area (Å²) < 4.78 is 0. The van der Waals surface area contributed by atoms with Crippen molar-refractivity contribution in [2.75, 3.05) is 6.61 Å². The zero-order valence-electron chi connectivity index (χ0n) is 8.49. The van der Waals surface area contributed by atoms with E-state index in [9.17, 15) is 0 Å². The highest BCUT2D eigenvalue weighted by molar-refractivity contribution is 6.30. The van der Waals surface area contributed by atoms with Gasteiger partial charge in [0.15, 0.2) is 0 Å². The van der Waals surface area contributed by atoms with Crippen LogP contribution in [0.25, 0.3) is 6.08 Å². The molecule has 1 rings (SSSR count). The van der Waals surface area contributed by atoms with Crippen LogP contribution in [-0.2, 0) is 0 Å². The van der Waals surface area contributed by atoms with Crippen LogP contribution >= 0.6 is 11.6 Å². The molecule has 0 amide bonds. The first-order chi connectivity index (χ1) is 7.22. The Kier molecular flexibility index (Phi) is 5.40. The van der Waals surface area contributed by atoms with Gasteiger partial charge in [-0.15, -0.1) is 0 Å². The Morgan fingerprint density at radius 3 is 2.93 bits per heavy atom. The third kappa shape index (κ3) is 4.98. The monoisotopic (exact) mass is 224 g/mol. The van der Waals surface area contributed by atoms with E-state index in [1.165, 1.54) is 0 Å². The van der Waals surface area contributed by atoms with Gasteiger partial charge in [-0.05, 0) is 36.6 Å². The van der Waals surface area contributed by atoms with Crippen LogP contribution in [0.3, 0.4) is 0 Å². The quantitative estimate of drug-likeness (QED) is 0.806. The molecule has 0 aliphatic rings. The summed E-state index contributed by atoms with van der Waals surface area (Å²) in [5, 5.41) is 9.34. The van der Waals surface area contributed by atoms with E-state index in [0.717, 1.165) is 12.0 Å². The van der Waals surface area contributed by atoms with Crippen molar-refractivity contribution >= 4 is 17.7 Å². The highest BCUT2D eigenvalue weighted by atomic mass is 35.5. The van der Waals surface area contributed by atoms with E-state index in [4.69, 9.17) is 22.4 Å². The highest BCUT2D eigenvalue weighted by Gasteiger charge is 1.97. The molecule has 1 aromatic carbocycles. The standard InChI is InChI=1S/C12H15ClNO/c13-11-6-4-10(5-7-11)2-1-3-12(14)8-9-15/h1-2,4,6-7,12,15H,3,8-9,14H2/b2-1+. The van der Waals surface area contributed by atoms with Gasteiger partial charge in [0, 0.05) is 17.7 Å². The van der Waals surface area contributed by atoms with Crippen molar-refractivity contribution in [1.82, 2.24) is 0 Å². The summed E-state index contributed by atoms with van der Waals surface area (Å²) in [4.78, 5) is 0. The lowest BCUT2D eigenvalue weighted by Gasteiger charge is -2.04. The molecule has 0 aliphatic carbocycles. The van der Waals surface area contributed by atoms with Gasteiger partial charge in [-0.3, -0.25) is 0 Å². The molecule has 3 N–H and O–H groups in total. The number of benzene rings is 1. The summed E-state index contributed by atoms with van der Waals surface area (Å²) in [6, 6.07) is 8.51. The SMILES string of the molecule is NC(C/C=C/c1[c]cc(Cl)cc1)CCO. The Balaban J connectivity index is 2.41. The van der Waals surface area contributed by atoms with Gasteiger partial charge in [0.05, 0.1) is 0 Å². The Hall–Kier alpha value is -0.830. The van der Waals surface area contributed by atoms with Crippen LogP contribution in [0.2, 0.25) is 5.02 Å². The minimum absolute atomic E-state index is 0.0264. The van der Waals surface area contributed by atoms with Crippen molar-refractivity contribution in [1.29, 1.82) is 0 Å². The van der Waals surface area contributed by atoms with Crippen LogP contribution in [0.1, 0.15) is 18.4 Å². The van der Waals surface area contributed by atoms with Crippen molar-refractivity contribution in [2.24, 2.45) is 5.73 Å². The third-order valence-corrected chi connectivity index (χ3v) is 2.27. The fourth-order valence-corrected chi connectivity index (χ4v) is 1.29. The Labute approximate surface area is 95.4 Å². The van der Waals surface area contributed by atoms with Crippen molar-refractivity contribution in [3.05, 3.63) is 40.9 Å². The first kappa shape index (κ1) is 12.2. The summed E-state index contributed by atoms with van der Waals surface area (Å²) in [5.74, 6) is 0. The van der Waals surface area contributed by atoms with Crippen LogP contribution in [0, 0.1) is 6.07 Å². The number of aliphatic hydroxyl groups excluding tert-OH is 1. The van der Waals surface area contributed by atoms with Gasteiger partial charge in [0.25, 0.3) is 0 Å². The van der Waals surface area contributed by atoms with Crippen molar-refractivity contribution < 1.29 is 5.11 Å². The normalized spacial score (nSPS) is 13.3. The van der Waals surface area contributed by atoms with Crippen molar-refractivity contribution in [3.8, 4) is 0 Å². The van der Waals surface area contributed by atoms with Gasteiger partial charge >= 0.3 is 0 Å². The fraction of sp³-hybridized carbons (Fsp3) is 0.333. The van der Waals surface area contributed by atoms with Crippen LogP contribution in [0.4, 0.5) is 0 Å². The molecule has 0 saturated carbocycles. The van der Waals surface area contributed by atoms with E-state index in [2.05, 4.69) is 6.07 Å². The van der Waals surface area contributed by atoms with Crippen LogP contribution in [-0.4, -0.2) is 17.8 Å². The molecule has 0 heterocycles. The maximum absolute atomic E-state index is 8.66. The topological polar surface area (TPSA) is 46.2 Å². The second-order valence-corrected chi connectivity index (χ2v) is 3.81. The van der Waals surface area contributed by atoms with Gasteiger partial charge in [-0.1, -0.05) is 29.8 Å². The zero-order valence-corrected chi connectivity index (χ0v) is 9.24. The summed E-state index contributed by atoms with van der Waals surface area (Å²) in [5.41, 5.74) is 6.71. The smallest absolute Gasteiger partial charge is 0.0445 e. The second kappa shape index (κ2) is 6.62. The van der Waals surface area contributed by atoms with Gasteiger partial charge in [-0.2, -0.15) is 0 Å². The number of hydrogen-bond donors (Lipinski definition) is 2. The molecule has 0 aromatic heterocycles. The highest BCUT2D eigenvalue weighted by Crippen LogP contribution is 2.10. The molecule has 0 aliphatic heterocycles. The van der Waals surface area contributed by atoms with E-state index in [1.807, 2.05) is 24.3 Å². The predicted octanol–water partition coefficient (Wildman–Crippen LogP) is 2.25. The minimum Gasteiger partial charge on any atom is -0.396 e. The lowest BCUT2D eigenvalue weighted by molar-refractivity contribution is 0.276. The third-order valence-electron chi connectivity index (χ3n) is 2.03. The van der Waals surface area contributed by atoms with E-state index < -0.39 is 0 Å². The summed E-state index contributed by atoms with van der Waals surface area (Å²) in [6.45, 7) is 0.141. The van der Waals surface area contributed by atoms with Crippen LogP contribution in [0.15, 0.2) is 24.3 Å². The number of halogens is 1. The van der Waals surface area contributed by atoms with Gasteiger partial charge in [-0.25, -0.2) is 0 Å². The molecule has 81 valence electrons. The first-order valence-corrected chi connectivity index (χ1v) is 5.30. The Morgan fingerprint density at radius 2 is 2.33 bits per heavy atom. The maximum Gasteiger partial charge on any atom is 0.0445 e. The Morgan fingerprint density at radius 1 is 1.53 bits per heavy atom. The van der Waals surface area contributed by atoms with Crippen LogP contribution < -0.4 is 5.73 Å². The molecule has 1 atom stereocenters. The van der Waals surface area contributed by atoms with E-state index >= 15 is 0 Å². The average Bonchev–Trinajstić information content (AvgIpc) is 2.21. The lowest BCUT2D eigenvalue weighted by atomic mass is 10.1. The van der Waals surface area contributed by atoms with Crippen molar-refractivity contribution in [2.45, 2.75) is 18.9 Å². The predicted molar refractivity (Wildman–Crippen MR) is 63.6 cm³/mol. The maximum atomic E-state index is 8.66. The largest absolute Gasteiger partial charge is 0.396 e. The number of nitrogens with two attached hydrogens (primary N) is 1. The fourth-order valence-electron chi connectivity index (χ4n) is 1.18. The van der Waals surface area contributed by atoms with E-state index in [-0.39, 0.29) is 12.6 Å². The molecule has 3 heteroatoms. The molecule has 0 spiro atoms. The van der Waals surface area contributed by atoms with Gasteiger partial charge in [0.2, 0.25) is 0 Å². The first-order valence-electron chi connectivity index (χ1n) is 4.92. The van der Waals surface area contributed by atoms with Crippen LogP contribution in [0.5, 0.6) is 0 Å². The summed E-state index contributed by atoms with van der Waals surface area (Å²) >= 11 is 5.73. The number of aliphatic hydroxyl groups is 1. The molecule has 0 fully saturated rings. The number of rotatable bonds is 5. The molecule has 15 heavy (non-hydrogen) atoms. The Bertz CT molecular complexity index is 308. The van der Waals surface area contributed by atoms with Crippen molar-refractivity contribution in [3.63, 3.8) is 0 Å². The van der Waals surface area contributed by atoms with E-state index in [1.54, 1.807) is 6.07 Å². The van der Waals surface area contributed by atoms with Gasteiger partial charge < -0.3 is 10.8 Å². The zero-order chi connectivity index (χ0) is 11.1. The lowest BCUT2D eigenvalue weighted by Crippen LogP contribution is -2.19. The molecule has 1 unspecified atom stereocenters. The minimum atomic E-state index is 0.0264. The molecule has 1 radical (unpaired) electrons. The molecular formula is C12H15ClNO. The molecule has 1 aromatic rings. The molecule has 0 saturated heterocycles. The summed E-state index contributed by atoms with van der Waals surface area (Å²) in [6.07, 6.45) is 5.33.